The van der Waals surface area contributed by atoms with Gasteiger partial charge in [-0.2, -0.15) is 0 Å². The third-order valence-corrected chi connectivity index (χ3v) is 6.19. The fourth-order valence-electron chi connectivity index (χ4n) is 3.04. The SMILES string of the molecule is Cc1sc2c(c1C(=O)c1cccs1)CCC2CCC(=O)O. The first kappa shape index (κ1) is 14.5. The van der Waals surface area contributed by atoms with Crippen molar-refractivity contribution in [3.63, 3.8) is 0 Å². The van der Waals surface area contributed by atoms with Crippen LogP contribution in [0.5, 0.6) is 0 Å². The zero-order chi connectivity index (χ0) is 15.0. The third-order valence-electron chi connectivity index (χ3n) is 4.01. The molecule has 110 valence electrons. The van der Waals surface area contributed by atoms with E-state index in [4.69, 9.17) is 5.11 Å². The van der Waals surface area contributed by atoms with Crippen molar-refractivity contribution in [1.29, 1.82) is 0 Å². The Morgan fingerprint density at radius 2 is 2.24 bits per heavy atom. The Labute approximate surface area is 131 Å². The highest BCUT2D eigenvalue weighted by atomic mass is 32.1. The topological polar surface area (TPSA) is 54.4 Å². The molecule has 0 amide bonds. The minimum Gasteiger partial charge on any atom is -0.481 e. The van der Waals surface area contributed by atoms with Gasteiger partial charge in [-0.3, -0.25) is 9.59 Å². The van der Waals surface area contributed by atoms with Crippen LogP contribution in [0.1, 0.15) is 55.7 Å². The van der Waals surface area contributed by atoms with E-state index in [1.54, 1.807) is 11.3 Å². The molecular formula is C16H16O3S2. The predicted octanol–water partition coefficient (Wildman–Crippen LogP) is 4.24. The molecule has 3 rings (SSSR count). The molecule has 0 fully saturated rings. The van der Waals surface area contributed by atoms with E-state index in [9.17, 15) is 9.59 Å². The summed E-state index contributed by atoms with van der Waals surface area (Å²) in [5.74, 6) is -0.310. The highest BCUT2D eigenvalue weighted by Crippen LogP contribution is 2.45. The first-order chi connectivity index (χ1) is 10.1. The largest absolute Gasteiger partial charge is 0.481 e. The molecule has 0 spiro atoms. The number of rotatable bonds is 5. The number of ketones is 1. The van der Waals surface area contributed by atoms with Crippen molar-refractivity contribution in [1.82, 2.24) is 0 Å². The molecule has 0 saturated heterocycles. The second-order valence-corrected chi connectivity index (χ2v) is 7.55. The summed E-state index contributed by atoms with van der Waals surface area (Å²) in [4.78, 5) is 26.5. The summed E-state index contributed by atoms with van der Waals surface area (Å²) in [7, 11) is 0. The van der Waals surface area contributed by atoms with Crippen molar-refractivity contribution < 1.29 is 14.7 Å². The van der Waals surface area contributed by atoms with Gasteiger partial charge in [0.15, 0.2) is 0 Å². The fourth-order valence-corrected chi connectivity index (χ4v) is 5.09. The number of carboxylic acid groups (broad SMARTS) is 1. The van der Waals surface area contributed by atoms with Crippen LogP contribution in [-0.2, 0) is 11.2 Å². The molecule has 0 saturated carbocycles. The molecule has 1 unspecified atom stereocenters. The van der Waals surface area contributed by atoms with Gasteiger partial charge in [0.05, 0.1) is 4.88 Å². The molecule has 21 heavy (non-hydrogen) atoms. The van der Waals surface area contributed by atoms with Crippen molar-refractivity contribution in [3.05, 3.63) is 43.3 Å². The van der Waals surface area contributed by atoms with Crippen LogP contribution in [0.25, 0.3) is 0 Å². The number of aryl methyl sites for hydroxylation is 1. The van der Waals surface area contributed by atoms with Crippen molar-refractivity contribution >= 4 is 34.4 Å². The van der Waals surface area contributed by atoms with Crippen LogP contribution in [0, 0.1) is 6.92 Å². The van der Waals surface area contributed by atoms with Crippen LogP contribution in [0.4, 0.5) is 0 Å². The van der Waals surface area contributed by atoms with E-state index < -0.39 is 5.97 Å². The summed E-state index contributed by atoms with van der Waals surface area (Å²) in [5, 5.41) is 10.8. The lowest BCUT2D eigenvalue weighted by Gasteiger charge is -2.06. The zero-order valence-corrected chi connectivity index (χ0v) is 13.4. The van der Waals surface area contributed by atoms with Gasteiger partial charge in [0.1, 0.15) is 0 Å². The first-order valence-corrected chi connectivity index (χ1v) is 8.69. The molecule has 0 bridgehead atoms. The maximum Gasteiger partial charge on any atom is 0.303 e. The van der Waals surface area contributed by atoms with Crippen LogP contribution in [0.3, 0.4) is 0 Å². The highest BCUT2D eigenvalue weighted by Gasteiger charge is 2.31. The number of aliphatic carboxylic acids is 1. The zero-order valence-electron chi connectivity index (χ0n) is 11.7. The Morgan fingerprint density at radius 1 is 1.43 bits per heavy atom. The molecule has 3 nitrogen and oxygen atoms in total. The van der Waals surface area contributed by atoms with Crippen LogP contribution < -0.4 is 0 Å². The van der Waals surface area contributed by atoms with Crippen molar-refractivity contribution in [2.24, 2.45) is 0 Å². The standard InChI is InChI=1S/C16H16O3S2/c1-9-14(15(19)12-3-2-8-20-12)11-6-4-10(16(11)21-9)5-7-13(17)18/h2-3,8,10H,4-7H2,1H3,(H,17,18). The molecule has 0 aliphatic heterocycles. The number of carbonyl (C=O) groups is 2. The minimum atomic E-state index is -0.744. The quantitative estimate of drug-likeness (QED) is 0.838. The van der Waals surface area contributed by atoms with Crippen LogP contribution in [0.2, 0.25) is 0 Å². The van der Waals surface area contributed by atoms with E-state index in [-0.39, 0.29) is 12.2 Å². The smallest absolute Gasteiger partial charge is 0.303 e. The molecule has 1 aliphatic rings. The molecule has 0 radical (unpaired) electrons. The summed E-state index contributed by atoms with van der Waals surface area (Å²) in [6.45, 7) is 2.00. The van der Waals surface area contributed by atoms with Gasteiger partial charge in [0, 0.05) is 21.7 Å². The van der Waals surface area contributed by atoms with Crippen LogP contribution >= 0.6 is 22.7 Å². The van der Waals surface area contributed by atoms with Crippen LogP contribution in [-0.4, -0.2) is 16.9 Å². The van der Waals surface area contributed by atoms with E-state index in [1.807, 2.05) is 24.4 Å². The van der Waals surface area contributed by atoms with Gasteiger partial charge in [-0.25, -0.2) is 0 Å². The molecule has 1 N–H and O–H groups in total. The molecule has 2 aromatic rings. The summed E-state index contributed by atoms with van der Waals surface area (Å²) in [5.41, 5.74) is 2.04. The van der Waals surface area contributed by atoms with Gasteiger partial charge < -0.3 is 5.11 Å². The number of thiophene rings is 2. The lowest BCUT2D eigenvalue weighted by Crippen LogP contribution is -2.02. The minimum absolute atomic E-state index is 0.124. The van der Waals surface area contributed by atoms with Gasteiger partial charge >= 0.3 is 5.97 Å². The highest BCUT2D eigenvalue weighted by molar-refractivity contribution is 7.13. The number of hydrogen-bond donors (Lipinski definition) is 1. The lowest BCUT2D eigenvalue weighted by molar-refractivity contribution is -0.137. The van der Waals surface area contributed by atoms with E-state index in [1.165, 1.54) is 21.8 Å². The van der Waals surface area contributed by atoms with Gasteiger partial charge in [-0.05, 0) is 49.1 Å². The van der Waals surface area contributed by atoms with E-state index in [2.05, 4.69) is 0 Å². The Kier molecular flexibility index (Phi) is 3.95. The number of carbonyl (C=O) groups excluding carboxylic acids is 1. The summed E-state index contributed by atoms with van der Waals surface area (Å²) >= 11 is 3.16. The molecule has 2 heterocycles. The van der Waals surface area contributed by atoms with Gasteiger partial charge in [-0.15, -0.1) is 22.7 Å². The second kappa shape index (κ2) is 5.73. The average Bonchev–Trinajstić information content (AvgIpc) is 3.11. The Balaban J connectivity index is 1.90. The van der Waals surface area contributed by atoms with Gasteiger partial charge in [-0.1, -0.05) is 6.07 Å². The second-order valence-electron chi connectivity index (χ2n) is 5.35. The van der Waals surface area contributed by atoms with E-state index in [0.717, 1.165) is 28.2 Å². The van der Waals surface area contributed by atoms with Gasteiger partial charge in [0.25, 0.3) is 0 Å². The molecular weight excluding hydrogens is 304 g/mol. The Bertz CT molecular complexity index is 683. The van der Waals surface area contributed by atoms with Gasteiger partial charge in [0.2, 0.25) is 5.78 Å². The maximum atomic E-state index is 12.6. The van der Waals surface area contributed by atoms with Crippen molar-refractivity contribution in [2.45, 2.75) is 38.5 Å². The Hall–Kier alpha value is -1.46. The normalized spacial score (nSPS) is 16.9. The average molecular weight is 320 g/mol. The summed E-state index contributed by atoms with van der Waals surface area (Å²) in [6, 6.07) is 3.77. The van der Waals surface area contributed by atoms with Crippen molar-refractivity contribution in [3.8, 4) is 0 Å². The molecule has 1 aliphatic carbocycles. The van der Waals surface area contributed by atoms with Crippen molar-refractivity contribution in [2.75, 3.05) is 0 Å². The Morgan fingerprint density at radius 3 is 2.90 bits per heavy atom. The number of fused-ring (bicyclic) bond motifs is 1. The first-order valence-electron chi connectivity index (χ1n) is 7.00. The summed E-state index contributed by atoms with van der Waals surface area (Å²) < 4.78 is 0. The molecule has 2 aromatic heterocycles. The summed E-state index contributed by atoms with van der Waals surface area (Å²) in [6.07, 6.45) is 2.75. The van der Waals surface area contributed by atoms with E-state index >= 15 is 0 Å². The molecule has 1 atom stereocenters. The number of carboxylic acids is 1. The van der Waals surface area contributed by atoms with Crippen LogP contribution in [0.15, 0.2) is 17.5 Å². The molecule has 0 aromatic carbocycles. The monoisotopic (exact) mass is 320 g/mol. The lowest BCUT2D eigenvalue weighted by atomic mass is 10.0. The molecule has 5 heteroatoms. The number of hydrogen-bond acceptors (Lipinski definition) is 4. The third kappa shape index (κ3) is 2.68. The van der Waals surface area contributed by atoms with E-state index in [0.29, 0.717) is 12.3 Å². The maximum absolute atomic E-state index is 12.6. The predicted molar refractivity (Wildman–Crippen MR) is 84.7 cm³/mol. The fraction of sp³-hybridized carbons (Fsp3) is 0.375.